The minimum Gasteiger partial charge on any atom is -0.491 e. The Kier molecular flexibility index (Phi) is 6.47. The van der Waals surface area contributed by atoms with E-state index in [-0.39, 0.29) is 17.0 Å². The first-order valence-electron chi connectivity index (χ1n) is 10.1. The molecule has 0 aliphatic heterocycles. The fourth-order valence-corrected chi connectivity index (χ4v) is 4.70. The van der Waals surface area contributed by atoms with Crippen molar-refractivity contribution in [2.75, 3.05) is 5.01 Å². The normalized spacial score (nSPS) is 11.4. The molecule has 10 heteroatoms. The Hall–Kier alpha value is -3.63. The Labute approximate surface area is 197 Å². The van der Waals surface area contributed by atoms with Crippen molar-refractivity contribution in [3.8, 4) is 5.75 Å². The number of anilines is 1. The van der Waals surface area contributed by atoms with Gasteiger partial charge in [-0.15, -0.1) is 0 Å². The summed E-state index contributed by atoms with van der Waals surface area (Å²) >= 11 is 2.33. The number of carbonyl (C=O) groups is 1. The second kappa shape index (κ2) is 9.47. The lowest BCUT2D eigenvalue weighted by atomic mass is 10.2. The van der Waals surface area contributed by atoms with Crippen LogP contribution >= 0.6 is 22.7 Å². The molecule has 0 spiro atoms. The number of aryl methyl sites for hydroxylation is 1. The van der Waals surface area contributed by atoms with Crippen LogP contribution < -0.4 is 9.75 Å². The minimum atomic E-state index is -0.457. The van der Waals surface area contributed by atoms with Crippen LogP contribution in [0.15, 0.2) is 59.7 Å². The van der Waals surface area contributed by atoms with E-state index in [4.69, 9.17) is 4.74 Å². The van der Waals surface area contributed by atoms with Crippen molar-refractivity contribution in [3.05, 3.63) is 80.7 Å². The Bertz CT molecular complexity index is 1340. The molecule has 0 bridgehead atoms. The maximum absolute atomic E-state index is 13.4. The summed E-state index contributed by atoms with van der Waals surface area (Å²) in [6, 6.07) is 15.7. The standard InChI is InChI=1S/C23H20N4O4S2/c1-14(2)31-17-7-5-16(6-8-17)22(28)26(24-13-18-9-11-21(32-18)27(29)30)23-25-19-10-4-15(3)12-20(19)33-23/h4-14H,1-3H3/b24-13+. The number of nitro groups is 1. The number of aromatic nitrogens is 1. The number of rotatable bonds is 7. The highest BCUT2D eigenvalue weighted by molar-refractivity contribution is 7.22. The molecular formula is C23H20N4O4S2. The molecule has 2 aromatic heterocycles. The van der Waals surface area contributed by atoms with Crippen LogP contribution in [0.1, 0.15) is 34.6 Å². The van der Waals surface area contributed by atoms with E-state index in [0.29, 0.717) is 21.3 Å². The summed E-state index contributed by atoms with van der Waals surface area (Å²) in [6.45, 7) is 5.85. The predicted molar refractivity (Wildman–Crippen MR) is 132 cm³/mol. The number of thiophene rings is 1. The first-order chi connectivity index (χ1) is 15.8. The van der Waals surface area contributed by atoms with E-state index in [1.54, 1.807) is 30.3 Å². The maximum atomic E-state index is 13.4. The van der Waals surface area contributed by atoms with Gasteiger partial charge in [-0.2, -0.15) is 10.1 Å². The van der Waals surface area contributed by atoms with Crippen LogP contribution in [0.2, 0.25) is 0 Å². The molecule has 4 rings (SSSR count). The fourth-order valence-electron chi connectivity index (χ4n) is 2.99. The Balaban J connectivity index is 1.70. The van der Waals surface area contributed by atoms with Gasteiger partial charge in [-0.25, -0.2) is 4.98 Å². The molecule has 0 radical (unpaired) electrons. The largest absolute Gasteiger partial charge is 0.491 e. The lowest BCUT2D eigenvalue weighted by Crippen LogP contribution is -2.25. The molecule has 0 saturated heterocycles. The van der Waals surface area contributed by atoms with Crippen molar-refractivity contribution in [2.24, 2.45) is 5.10 Å². The van der Waals surface area contributed by atoms with Crippen LogP contribution in [0.5, 0.6) is 5.75 Å². The summed E-state index contributed by atoms with van der Waals surface area (Å²) in [5, 5.41) is 17.0. The van der Waals surface area contributed by atoms with Gasteiger partial charge in [0.25, 0.3) is 5.91 Å². The van der Waals surface area contributed by atoms with Gasteiger partial charge in [0.1, 0.15) is 5.75 Å². The third kappa shape index (κ3) is 5.24. The van der Waals surface area contributed by atoms with Gasteiger partial charge < -0.3 is 4.74 Å². The predicted octanol–water partition coefficient (Wildman–Crippen LogP) is 6.04. The SMILES string of the molecule is Cc1ccc2nc(N(/N=C/c3ccc([N+](=O)[O-])s3)C(=O)c3ccc(OC(C)C)cc3)sc2c1. The second-order valence-electron chi connectivity index (χ2n) is 7.45. The van der Waals surface area contributed by atoms with Gasteiger partial charge in [-0.05, 0) is 68.8 Å². The van der Waals surface area contributed by atoms with Crippen molar-refractivity contribution in [1.82, 2.24) is 4.98 Å². The maximum Gasteiger partial charge on any atom is 0.324 e. The summed E-state index contributed by atoms with van der Waals surface area (Å²) in [5.74, 6) is 0.294. The number of carbonyl (C=O) groups excluding carboxylic acids is 1. The van der Waals surface area contributed by atoms with Crippen LogP contribution in [0.25, 0.3) is 10.2 Å². The van der Waals surface area contributed by atoms with Gasteiger partial charge in [0.2, 0.25) is 5.13 Å². The van der Waals surface area contributed by atoms with Gasteiger partial charge >= 0.3 is 5.00 Å². The Morgan fingerprint density at radius 2 is 1.91 bits per heavy atom. The number of hydrogen-bond acceptors (Lipinski definition) is 8. The quantitative estimate of drug-likeness (QED) is 0.182. The molecule has 4 aromatic rings. The zero-order valence-corrected chi connectivity index (χ0v) is 19.7. The molecule has 0 N–H and O–H groups in total. The fraction of sp³-hybridized carbons (Fsp3) is 0.174. The van der Waals surface area contributed by atoms with Crippen LogP contribution in [-0.4, -0.2) is 28.1 Å². The highest BCUT2D eigenvalue weighted by Gasteiger charge is 2.21. The molecule has 0 aliphatic carbocycles. The molecule has 0 fully saturated rings. The number of ether oxygens (including phenoxy) is 1. The van der Waals surface area contributed by atoms with Gasteiger partial charge in [0, 0.05) is 11.6 Å². The van der Waals surface area contributed by atoms with E-state index in [9.17, 15) is 14.9 Å². The number of hydrazone groups is 1. The highest BCUT2D eigenvalue weighted by Crippen LogP contribution is 2.31. The highest BCUT2D eigenvalue weighted by atomic mass is 32.1. The van der Waals surface area contributed by atoms with Crippen molar-refractivity contribution >= 4 is 55.1 Å². The van der Waals surface area contributed by atoms with E-state index in [2.05, 4.69) is 10.1 Å². The number of thiazole rings is 1. The third-order valence-corrected chi connectivity index (χ3v) is 6.44. The summed E-state index contributed by atoms with van der Waals surface area (Å²) in [4.78, 5) is 29.0. The van der Waals surface area contributed by atoms with E-state index in [1.165, 1.54) is 28.6 Å². The smallest absolute Gasteiger partial charge is 0.324 e. The number of fused-ring (bicyclic) bond motifs is 1. The number of hydrogen-bond donors (Lipinski definition) is 0. The molecule has 33 heavy (non-hydrogen) atoms. The van der Waals surface area contributed by atoms with Crippen molar-refractivity contribution in [1.29, 1.82) is 0 Å². The number of benzene rings is 2. The summed E-state index contributed by atoms with van der Waals surface area (Å²) in [5.41, 5.74) is 2.27. The monoisotopic (exact) mass is 480 g/mol. The molecular weight excluding hydrogens is 460 g/mol. The summed E-state index contributed by atoms with van der Waals surface area (Å²) in [6.07, 6.45) is 1.46. The number of amides is 1. The molecule has 0 saturated carbocycles. The second-order valence-corrected chi connectivity index (χ2v) is 9.56. The first-order valence-corrected chi connectivity index (χ1v) is 11.7. The third-order valence-electron chi connectivity index (χ3n) is 4.47. The topological polar surface area (TPSA) is 97.9 Å². The first kappa shape index (κ1) is 22.6. The molecule has 0 atom stereocenters. The Morgan fingerprint density at radius 1 is 1.15 bits per heavy atom. The average Bonchev–Trinajstić information content (AvgIpc) is 3.41. The van der Waals surface area contributed by atoms with Crippen LogP contribution in [0.3, 0.4) is 0 Å². The van der Waals surface area contributed by atoms with E-state index >= 15 is 0 Å². The lowest BCUT2D eigenvalue weighted by Gasteiger charge is -2.14. The van der Waals surface area contributed by atoms with Crippen LogP contribution in [0.4, 0.5) is 10.1 Å². The van der Waals surface area contributed by atoms with Crippen molar-refractivity contribution in [3.63, 3.8) is 0 Å². The molecule has 2 heterocycles. The van der Waals surface area contributed by atoms with Crippen molar-refractivity contribution < 1.29 is 14.5 Å². The zero-order valence-electron chi connectivity index (χ0n) is 18.1. The molecule has 168 valence electrons. The van der Waals surface area contributed by atoms with Crippen LogP contribution in [-0.2, 0) is 0 Å². The molecule has 1 amide bonds. The van der Waals surface area contributed by atoms with Gasteiger partial charge in [0.15, 0.2) is 0 Å². The summed E-state index contributed by atoms with van der Waals surface area (Å²) < 4.78 is 6.59. The van der Waals surface area contributed by atoms with Crippen molar-refractivity contribution in [2.45, 2.75) is 26.9 Å². The zero-order chi connectivity index (χ0) is 23.5. The average molecular weight is 481 g/mol. The summed E-state index contributed by atoms with van der Waals surface area (Å²) in [7, 11) is 0. The van der Waals surface area contributed by atoms with E-state index < -0.39 is 4.92 Å². The van der Waals surface area contributed by atoms with Gasteiger partial charge in [0.05, 0.1) is 32.3 Å². The lowest BCUT2D eigenvalue weighted by molar-refractivity contribution is -0.380. The van der Waals surface area contributed by atoms with Gasteiger partial charge in [-0.3, -0.25) is 14.9 Å². The minimum absolute atomic E-state index is 0.00512. The van der Waals surface area contributed by atoms with E-state index in [1.807, 2.05) is 39.0 Å². The molecule has 0 unspecified atom stereocenters. The Morgan fingerprint density at radius 3 is 2.58 bits per heavy atom. The van der Waals surface area contributed by atoms with Gasteiger partial charge in [-0.1, -0.05) is 28.7 Å². The molecule has 0 aliphatic rings. The van der Waals surface area contributed by atoms with Crippen LogP contribution in [0, 0.1) is 17.0 Å². The molecule has 8 nitrogen and oxygen atoms in total. The number of nitrogens with zero attached hydrogens (tertiary/aromatic N) is 4. The molecule has 2 aromatic carbocycles. The van der Waals surface area contributed by atoms with E-state index in [0.717, 1.165) is 27.1 Å².